The van der Waals surface area contributed by atoms with E-state index in [0.29, 0.717) is 0 Å². The van der Waals surface area contributed by atoms with Crippen LogP contribution in [0.25, 0.3) is 0 Å². The van der Waals surface area contributed by atoms with Crippen molar-refractivity contribution in [1.29, 1.82) is 0 Å². The van der Waals surface area contributed by atoms with E-state index in [1.807, 2.05) is 0 Å². The first-order valence-corrected chi connectivity index (χ1v) is 4.73. The topological polar surface area (TPSA) is 133 Å². The van der Waals surface area contributed by atoms with Crippen LogP contribution in [-0.4, -0.2) is 80.4 Å². The molecule has 90 valence electrons. The van der Waals surface area contributed by atoms with Gasteiger partial charge in [0.15, 0.2) is 0 Å². The lowest BCUT2D eigenvalue weighted by atomic mass is 9.97. The summed E-state index contributed by atoms with van der Waals surface area (Å²) in [7, 11) is 0. The predicted octanol–water partition coefficient (Wildman–Crippen LogP) is -4.24. The summed E-state index contributed by atoms with van der Waals surface area (Å²) in [5.74, 6) is 0. The van der Waals surface area contributed by atoms with Crippen LogP contribution in [0, 0.1) is 0 Å². The predicted molar refractivity (Wildman–Crippen MR) is 48.9 cm³/mol. The Morgan fingerprint density at radius 1 is 1.20 bits per heavy atom. The van der Waals surface area contributed by atoms with Gasteiger partial charge in [0.1, 0.15) is 18.3 Å². The summed E-state index contributed by atoms with van der Waals surface area (Å²) in [4.78, 5) is 0. The maximum atomic E-state index is 9.55. The summed E-state index contributed by atoms with van der Waals surface area (Å²) in [6.07, 6.45) is -6.73. The maximum Gasteiger partial charge on any atom is 0.110 e. The molecule has 0 aromatic rings. The molecule has 6 atom stereocenters. The molecule has 3 unspecified atom stereocenters. The Kier molecular flexibility index (Phi) is 4.41. The van der Waals surface area contributed by atoms with Crippen LogP contribution in [0.3, 0.4) is 0 Å². The monoisotopic (exact) mass is 223 g/mol. The highest BCUT2D eigenvalue weighted by atomic mass is 16.4. The first-order valence-electron chi connectivity index (χ1n) is 4.73. The van der Waals surface area contributed by atoms with Crippen LogP contribution in [0.4, 0.5) is 0 Å². The van der Waals surface area contributed by atoms with Crippen LogP contribution >= 0.6 is 0 Å². The molecule has 7 heteroatoms. The molecular formula is C8H17NO6. The molecule has 1 aliphatic rings. The average molecular weight is 223 g/mol. The molecule has 0 aliphatic carbocycles. The quantitative estimate of drug-likeness (QED) is 0.257. The van der Waals surface area contributed by atoms with Gasteiger partial charge in [-0.1, -0.05) is 0 Å². The van der Waals surface area contributed by atoms with Crippen molar-refractivity contribution in [3.05, 3.63) is 0 Å². The van der Waals surface area contributed by atoms with Crippen molar-refractivity contribution in [1.82, 2.24) is 5.32 Å². The van der Waals surface area contributed by atoms with Gasteiger partial charge in [-0.3, -0.25) is 0 Å². The van der Waals surface area contributed by atoms with Crippen molar-refractivity contribution in [2.45, 2.75) is 36.6 Å². The maximum absolute atomic E-state index is 9.55. The largest absolute Gasteiger partial charge is 0.394 e. The van der Waals surface area contributed by atoms with Gasteiger partial charge < -0.3 is 36.0 Å². The van der Waals surface area contributed by atoms with Crippen LogP contribution in [0.5, 0.6) is 0 Å². The van der Waals surface area contributed by atoms with E-state index in [-0.39, 0.29) is 6.54 Å². The number of aliphatic hydroxyl groups excluding tert-OH is 6. The van der Waals surface area contributed by atoms with Crippen molar-refractivity contribution in [2.24, 2.45) is 0 Å². The zero-order chi connectivity index (χ0) is 11.6. The van der Waals surface area contributed by atoms with E-state index in [9.17, 15) is 20.4 Å². The fourth-order valence-corrected chi connectivity index (χ4v) is 1.61. The van der Waals surface area contributed by atoms with Crippen LogP contribution < -0.4 is 5.32 Å². The summed E-state index contributed by atoms with van der Waals surface area (Å²) in [5.41, 5.74) is 0. The third-order valence-electron chi connectivity index (χ3n) is 2.62. The lowest BCUT2D eigenvalue weighted by Gasteiger charge is -2.28. The first kappa shape index (κ1) is 12.8. The summed E-state index contributed by atoms with van der Waals surface area (Å²) < 4.78 is 0. The second-order valence-electron chi connectivity index (χ2n) is 3.72. The molecule has 0 bridgehead atoms. The van der Waals surface area contributed by atoms with Gasteiger partial charge in [-0.05, 0) is 0 Å². The van der Waals surface area contributed by atoms with Crippen molar-refractivity contribution in [3.8, 4) is 0 Å². The molecule has 1 fully saturated rings. The van der Waals surface area contributed by atoms with E-state index in [1.165, 1.54) is 0 Å². The van der Waals surface area contributed by atoms with Gasteiger partial charge >= 0.3 is 0 Å². The average Bonchev–Trinajstić information content (AvgIpc) is 2.56. The Morgan fingerprint density at radius 3 is 2.20 bits per heavy atom. The second-order valence-corrected chi connectivity index (χ2v) is 3.72. The Labute approximate surface area is 86.6 Å². The standard InChI is InChI=1S/C8H17NO6/c10-2-4(12)7(14)8(15)5-6(13)3(11)1-9-5/h3-15H,1-2H2/t3-,4?,5+,6-,7?,8?/m0/s1. The summed E-state index contributed by atoms with van der Waals surface area (Å²) in [6, 6.07) is -0.920. The molecule has 0 saturated carbocycles. The number of aliphatic hydroxyl groups is 6. The van der Waals surface area contributed by atoms with Crippen LogP contribution in [0.2, 0.25) is 0 Å². The summed E-state index contributed by atoms with van der Waals surface area (Å²) in [5, 5.41) is 57.7. The zero-order valence-corrected chi connectivity index (χ0v) is 8.06. The molecule has 15 heavy (non-hydrogen) atoms. The van der Waals surface area contributed by atoms with Gasteiger partial charge in [-0.2, -0.15) is 0 Å². The normalized spacial score (nSPS) is 37.6. The van der Waals surface area contributed by atoms with Crippen LogP contribution in [0.1, 0.15) is 0 Å². The lowest BCUT2D eigenvalue weighted by molar-refractivity contribution is -0.1000. The van der Waals surface area contributed by atoms with Crippen molar-refractivity contribution in [3.63, 3.8) is 0 Å². The second kappa shape index (κ2) is 5.17. The third-order valence-corrected chi connectivity index (χ3v) is 2.62. The smallest absolute Gasteiger partial charge is 0.110 e. The number of rotatable bonds is 4. The SMILES string of the molecule is OCC(O)C(O)C(O)[C@@H]1NC[C@H](O)[C@@H]1O. The van der Waals surface area contributed by atoms with Gasteiger partial charge in [-0.25, -0.2) is 0 Å². The highest BCUT2D eigenvalue weighted by Gasteiger charge is 2.41. The van der Waals surface area contributed by atoms with Gasteiger partial charge in [0, 0.05) is 6.54 Å². The van der Waals surface area contributed by atoms with Gasteiger partial charge in [0.25, 0.3) is 0 Å². The van der Waals surface area contributed by atoms with Crippen molar-refractivity contribution >= 4 is 0 Å². The molecule has 0 aromatic carbocycles. The Hall–Kier alpha value is -0.280. The lowest BCUT2D eigenvalue weighted by Crippen LogP contribution is -2.53. The van der Waals surface area contributed by atoms with Crippen molar-refractivity contribution in [2.75, 3.05) is 13.2 Å². The molecular weight excluding hydrogens is 206 g/mol. The summed E-state index contributed by atoms with van der Waals surface area (Å²) >= 11 is 0. The van der Waals surface area contributed by atoms with Gasteiger partial charge in [0.2, 0.25) is 0 Å². The van der Waals surface area contributed by atoms with E-state index >= 15 is 0 Å². The fourth-order valence-electron chi connectivity index (χ4n) is 1.61. The minimum Gasteiger partial charge on any atom is -0.394 e. The summed E-state index contributed by atoms with van der Waals surface area (Å²) in [6.45, 7) is -0.589. The van der Waals surface area contributed by atoms with Crippen molar-refractivity contribution < 1.29 is 30.6 Å². The minimum absolute atomic E-state index is 0.102. The highest BCUT2D eigenvalue weighted by Crippen LogP contribution is 2.15. The molecule has 1 aliphatic heterocycles. The van der Waals surface area contributed by atoms with Crippen LogP contribution in [-0.2, 0) is 0 Å². The van der Waals surface area contributed by atoms with E-state index in [0.717, 1.165) is 0 Å². The molecule has 1 rings (SSSR count). The molecule has 0 aromatic heterocycles. The van der Waals surface area contributed by atoms with Gasteiger partial charge in [-0.15, -0.1) is 0 Å². The Balaban J connectivity index is 2.56. The molecule has 0 spiro atoms. The number of hydrogen-bond acceptors (Lipinski definition) is 7. The number of nitrogens with one attached hydrogen (secondary N) is 1. The van der Waals surface area contributed by atoms with E-state index in [4.69, 9.17) is 10.2 Å². The van der Waals surface area contributed by atoms with Crippen LogP contribution in [0.15, 0.2) is 0 Å². The minimum atomic E-state index is -1.58. The van der Waals surface area contributed by atoms with E-state index in [1.54, 1.807) is 0 Å². The molecule has 7 nitrogen and oxygen atoms in total. The molecule has 0 amide bonds. The molecule has 1 heterocycles. The first-order chi connectivity index (χ1) is 6.99. The number of β-amino-alcohol motifs (C(OH)–C–C–N with tert-alkyl or cyclic N) is 1. The Morgan fingerprint density at radius 2 is 1.80 bits per heavy atom. The Bertz CT molecular complexity index is 204. The molecule has 1 saturated heterocycles. The molecule has 7 N–H and O–H groups in total. The zero-order valence-electron chi connectivity index (χ0n) is 8.06. The van der Waals surface area contributed by atoms with E-state index in [2.05, 4.69) is 5.32 Å². The molecule has 0 radical (unpaired) electrons. The van der Waals surface area contributed by atoms with E-state index < -0.39 is 43.2 Å². The third kappa shape index (κ3) is 2.64. The van der Waals surface area contributed by atoms with Gasteiger partial charge in [0.05, 0.1) is 24.9 Å². The number of hydrogen-bond donors (Lipinski definition) is 7. The highest BCUT2D eigenvalue weighted by molar-refractivity contribution is 4.97. The fraction of sp³-hybridized carbons (Fsp3) is 1.00.